The van der Waals surface area contributed by atoms with Crippen LogP contribution in [0.4, 0.5) is 4.79 Å². The lowest BCUT2D eigenvalue weighted by molar-refractivity contribution is -0.132. The molecule has 2 aliphatic heterocycles. The number of cyclic esters (lactones) is 1. The first kappa shape index (κ1) is 21.6. The zero-order valence-electron chi connectivity index (χ0n) is 18.3. The zero-order chi connectivity index (χ0) is 21.4. The first-order chi connectivity index (χ1) is 13.5. The number of benzene rings is 1. The Morgan fingerprint density at radius 2 is 1.90 bits per heavy atom. The Labute approximate surface area is 173 Å². The van der Waals surface area contributed by atoms with Crippen molar-refractivity contribution in [2.24, 2.45) is 0 Å². The van der Waals surface area contributed by atoms with Crippen LogP contribution in [-0.4, -0.2) is 58.2 Å². The first-order valence-electron chi connectivity index (χ1n) is 10.5. The van der Waals surface area contributed by atoms with Gasteiger partial charge in [0.1, 0.15) is 5.60 Å². The van der Waals surface area contributed by atoms with Crippen LogP contribution in [0, 0.1) is 0 Å². The highest BCUT2D eigenvalue weighted by molar-refractivity contribution is 5.77. The number of likely N-dealkylation sites (tertiary alicyclic amines) is 1. The van der Waals surface area contributed by atoms with Crippen LogP contribution in [0.5, 0.6) is 0 Å². The third-order valence-corrected chi connectivity index (χ3v) is 6.27. The lowest BCUT2D eigenvalue weighted by Crippen LogP contribution is -2.51. The molecule has 1 aromatic rings. The van der Waals surface area contributed by atoms with Gasteiger partial charge in [-0.15, -0.1) is 0 Å². The van der Waals surface area contributed by atoms with E-state index < -0.39 is 11.2 Å². The zero-order valence-corrected chi connectivity index (χ0v) is 18.3. The molecule has 6 heteroatoms. The molecule has 0 saturated carbocycles. The molecule has 2 fully saturated rings. The summed E-state index contributed by atoms with van der Waals surface area (Å²) >= 11 is 0. The van der Waals surface area contributed by atoms with E-state index in [1.54, 1.807) is 23.6 Å². The average Bonchev–Trinajstić information content (AvgIpc) is 2.62. The second-order valence-electron chi connectivity index (χ2n) is 9.60. The fourth-order valence-electron chi connectivity index (χ4n) is 4.61. The van der Waals surface area contributed by atoms with E-state index in [4.69, 9.17) is 4.74 Å². The van der Waals surface area contributed by atoms with Gasteiger partial charge in [-0.2, -0.15) is 0 Å². The second kappa shape index (κ2) is 7.98. The molecule has 2 saturated heterocycles. The molecule has 1 unspecified atom stereocenters. The van der Waals surface area contributed by atoms with Crippen LogP contribution in [0.15, 0.2) is 24.3 Å². The van der Waals surface area contributed by atoms with Gasteiger partial charge in [0.25, 0.3) is 0 Å². The summed E-state index contributed by atoms with van der Waals surface area (Å²) in [6.45, 7) is 8.76. The molecule has 0 bridgehead atoms. The summed E-state index contributed by atoms with van der Waals surface area (Å²) in [5.74, 6) is 0.467. The number of carbonyl (C=O) groups is 2. The SMILES string of the molecule is C[C@@H](c1ccc(C2CCN(C)C(=O)C2)cc1)N1CC[C@@](C)(CC(C)(C)O)OC1=O. The monoisotopic (exact) mass is 402 g/mol. The summed E-state index contributed by atoms with van der Waals surface area (Å²) < 4.78 is 5.73. The molecule has 3 rings (SSSR count). The van der Waals surface area contributed by atoms with Crippen LogP contribution in [0.25, 0.3) is 0 Å². The Bertz CT molecular complexity index is 755. The maximum Gasteiger partial charge on any atom is 0.410 e. The van der Waals surface area contributed by atoms with Crippen LogP contribution in [-0.2, 0) is 9.53 Å². The number of aliphatic hydroxyl groups is 1. The summed E-state index contributed by atoms with van der Waals surface area (Å²) in [5.41, 5.74) is 0.710. The third-order valence-electron chi connectivity index (χ3n) is 6.27. The van der Waals surface area contributed by atoms with Gasteiger partial charge in [0, 0.05) is 39.4 Å². The maximum absolute atomic E-state index is 12.7. The van der Waals surface area contributed by atoms with Crippen molar-refractivity contribution < 1.29 is 19.4 Å². The summed E-state index contributed by atoms with van der Waals surface area (Å²) in [5, 5.41) is 10.1. The van der Waals surface area contributed by atoms with Crippen molar-refractivity contribution in [1.29, 1.82) is 0 Å². The van der Waals surface area contributed by atoms with Gasteiger partial charge in [0.05, 0.1) is 11.6 Å². The Morgan fingerprint density at radius 1 is 1.24 bits per heavy atom. The number of nitrogens with zero attached hydrogens (tertiary/aromatic N) is 2. The smallest absolute Gasteiger partial charge is 0.410 e. The molecule has 160 valence electrons. The highest BCUT2D eigenvalue weighted by Gasteiger charge is 2.41. The molecule has 29 heavy (non-hydrogen) atoms. The number of hydrogen-bond donors (Lipinski definition) is 1. The lowest BCUT2D eigenvalue weighted by Gasteiger charge is -2.43. The van der Waals surface area contributed by atoms with Gasteiger partial charge >= 0.3 is 6.09 Å². The van der Waals surface area contributed by atoms with E-state index in [0.717, 1.165) is 18.5 Å². The molecule has 0 aliphatic carbocycles. The summed E-state index contributed by atoms with van der Waals surface area (Å²) in [7, 11) is 1.85. The van der Waals surface area contributed by atoms with E-state index in [2.05, 4.69) is 24.3 Å². The van der Waals surface area contributed by atoms with Crippen molar-refractivity contribution >= 4 is 12.0 Å². The van der Waals surface area contributed by atoms with E-state index in [9.17, 15) is 14.7 Å². The largest absolute Gasteiger partial charge is 0.443 e. The molecule has 2 amide bonds. The molecule has 1 aromatic carbocycles. The van der Waals surface area contributed by atoms with E-state index in [1.165, 1.54) is 5.56 Å². The second-order valence-corrected chi connectivity index (χ2v) is 9.60. The van der Waals surface area contributed by atoms with Crippen LogP contribution >= 0.6 is 0 Å². The minimum atomic E-state index is -0.881. The van der Waals surface area contributed by atoms with Crippen LogP contribution < -0.4 is 0 Å². The topological polar surface area (TPSA) is 70.1 Å². The van der Waals surface area contributed by atoms with Gasteiger partial charge in [-0.3, -0.25) is 4.79 Å². The molecule has 1 N–H and O–H groups in total. The van der Waals surface area contributed by atoms with Crippen molar-refractivity contribution in [3.8, 4) is 0 Å². The predicted molar refractivity (Wildman–Crippen MR) is 112 cm³/mol. The molecule has 0 aromatic heterocycles. The molecule has 2 aliphatic rings. The molecular formula is C23H34N2O4. The van der Waals surface area contributed by atoms with E-state index in [0.29, 0.717) is 25.8 Å². The predicted octanol–water partition coefficient (Wildman–Crippen LogP) is 3.85. The minimum Gasteiger partial charge on any atom is -0.443 e. The Hall–Kier alpha value is -2.08. The number of carbonyl (C=O) groups excluding carboxylic acids is 2. The van der Waals surface area contributed by atoms with Crippen LogP contribution in [0.3, 0.4) is 0 Å². The number of ether oxygens (including phenoxy) is 1. The molecule has 3 atom stereocenters. The number of piperidine rings is 1. The summed E-state index contributed by atoms with van der Waals surface area (Å²) in [6, 6.07) is 8.19. The lowest BCUT2D eigenvalue weighted by atomic mass is 9.86. The molecular weight excluding hydrogens is 368 g/mol. The molecule has 0 spiro atoms. The number of rotatable bonds is 5. The van der Waals surface area contributed by atoms with Gasteiger partial charge in [0.2, 0.25) is 5.91 Å². The van der Waals surface area contributed by atoms with Crippen molar-refractivity contribution in [2.45, 2.75) is 76.5 Å². The quantitative estimate of drug-likeness (QED) is 0.812. The normalized spacial score (nSPS) is 27.0. The van der Waals surface area contributed by atoms with Gasteiger partial charge in [0.15, 0.2) is 0 Å². The Kier molecular flexibility index (Phi) is 5.95. The van der Waals surface area contributed by atoms with Crippen molar-refractivity contribution in [1.82, 2.24) is 9.80 Å². The molecule has 0 radical (unpaired) electrons. The van der Waals surface area contributed by atoms with Gasteiger partial charge in [-0.25, -0.2) is 4.79 Å². The Balaban J connectivity index is 1.64. The molecule has 6 nitrogen and oxygen atoms in total. The fraction of sp³-hybridized carbons (Fsp3) is 0.652. The van der Waals surface area contributed by atoms with Crippen molar-refractivity contribution in [3.05, 3.63) is 35.4 Å². The summed E-state index contributed by atoms with van der Waals surface area (Å²) in [6.07, 6.45) is 2.31. The fourth-order valence-corrected chi connectivity index (χ4v) is 4.61. The van der Waals surface area contributed by atoms with Gasteiger partial charge in [-0.1, -0.05) is 24.3 Å². The number of hydrogen-bond acceptors (Lipinski definition) is 4. The molecule has 2 heterocycles. The van der Waals surface area contributed by atoms with Crippen LogP contribution in [0.2, 0.25) is 0 Å². The van der Waals surface area contributed by atoms with E-state index >= 15 is 0 Å². The average molecular weight is 403 g/mol. The van der Waals surface area contributed by atoms with Crippen molar-refractivity contribution in [2.75, 3.05) is 20.1 Å². The van der Waals surface area contributed by atoms with Crippen molar-refractivity contribution in [3.63, 3.8) is 0 Å². The highest BCUT2D eigenvalue weighted by atomic mass is 16.6. The van der Waals surface area contributed by atoms with E-state index in [1.807, 2.05) is 20.9 Å². The number of amides is 2. The standard InChI is InChI=1S/C23H34N2O4/c1-16(25-13-11-23(4,29-21(25)27)15-22(2,3)28)17-6-8-18(9-7-17)19-10-12-24(5)20(26)14-19/h6-9,16,19,28H,10-15H2,1-5H3/t16-,19?,23-/m0/s1. The Morgan fingerprint density at radius 3 is 2.45 bits per heavy atom. The first-order valence-corrected chi connectivity index (χ1v) is 10.5. The van der Waals surface area contributed by atoms with Gasteiger partial charge < -0.3 is 19.6 Å². The van der Waals surface area contributed by atoms with Gasteiger partial charge in [-0.05, 0) is 51.2 Å². The van der Waals surface area contributed by atoms with E-state index in [-0.39, 0.29) is 24.0 Å². The minimum absolute atomic E-state index is 0.0950. The third kappa shape index (κ3) is 5.10. The highest BCUT2D eigenvalue weighted by Crippen LogP contribution is 2.35. The maximum atomic E-state index is 12.7. The summed E-state index contributed by atoms with van der Waals surface area (Å²) in [4.78, 5) is 28.2. The van der Waals surface area contributed by atoms with Crippen LogP contribution in [0.1, 0.15) is 76.5 Å².